The zero-order valence-electron chi connectivity index (χ0n) is 14.0. The van der Waals surface area contributed by atoms with Gasteiger partial charge in [-0.2, -0.15) is 0 Å². The summed E-state index contributed by atoms with van der Waals surface area (Å²) in [7, 11) is -1.23. The van der Waals surface area contributed by atoms with Crippen LogP contribution in [0.1, 0.15) is 52.4 Å². The molecule has 0 spiro atoms. The van der Waals surface area contributed by atoms with E-state index in [-0.39, 0.29) is 6.10 Å². The maximum absolute atomic E-state index is 10.3. The van der Waals surface area contributed by atoms with Crippen LogP contribution < -0.4 is 0 Å². The van der Waals surface area contributed by atoms with Crippen molar-refractivity contribution in [2.45, 2.75) is 78.1 Å². The Hall–Kier alpha value is -0.263. The number of fused-ring (bicyclic) bond motifs is 1. The summed E-state index contributed by atoms with van der Waals surface area (Å²) in [5.74, 6) is 5.47. The van der Waals surface area contributed by atoms with Crippen molar-refractivity contribution in [3.63, 3.8) is 0 Å². The molecule has 2 aliphatic carbocycles. The predicted molar refractivity (Wildman–Crippen MR) is 89.1 cm³/mol. The van der Waals surface area contributed by atoms with Crippen LogP contribution in [0.4, 0.5) is 0 Å². The van der Waals surface area contributed by atoms with Gasteiger partial charge in [-0.05, 0) is 48.9 Å². The summed E-state index contributed by atoms with van der Waals surface area (Å²) in [4.78, 5) is 0. The van der Waals surface area contributed by atoms with E-state index in [1.54, 1.807) is 0 Å². The lowest BCUT2D eigenvalue weighted by atomic mass is 9.61. The average Bonchev–Trinajstić information content (AvgIpc) is 2.66. The van der Waals surface area contributed by atoms with Gasteiger partial charge in [-0.3, -0.25) is 0 Å². The summed E-state index contributed by atoms with van der Waals surface area (Å²) in [6.45, 7) is 11.8. The fourth-order valence-corrected chi connectivity index (χ4v) is 5.38. The number of rotatable bonds is 2. The molecule has 2 fully saturated rings. The van der Waals surface area contributed by atoms with Crippen molar-refractivity contribution in [2.75, 3.05) is 0 Å². The molecular weight excluding hydrogens is 260 g/mol. The Morgan fingerprint density at radius 3 is 2.60 bits per heavy atom. The van der Waals surface area contributed by atoms with E-state index in [0.717, 1.165) is 18.8 Å². The van der Waals surface area contributed by atoms with E-state index in [0.29, 0.717) is 17.3 Å². The lowest BCUT2D eigenvalue weighted by Crippen LogP contribution is -2.41. The van der Waals surface area contributed by atoms with Gasteiger partial charge >= 0.3 is 0 Å². The quantitative estimate of drug-likeness (QED) is 0.588. The maximum Gasteiger partial charge on any atom is 0.129 e. The van der Waals surface area contributed by atoms with Crippen LogP contribution in [0.5, 0.6) is 0 Å². The van der Waals surface area contributed by atoms with Crippen LogP contribution in [0.3, 0.4) is 0 Å². The molecule has 2 aliphatic rings. The molecule has 0 heterocycles. The normalized spacial score (nSPS) is 38.8. The van der Waals surface area contributed by atoms with E-state index < -0.39 is 8.07 Å². The summed E-state index contributed by atoms with van der Waals surface area (Å²) in [6, 6.07) is 0. The number of hydrogen-bond acceptors (Lipinski definition) is 1. The molecule has 20 heavy (non-hydrogen) atoms. The average molecular weight is 293 g/mol. The Kier molecular flexibility index (Phi) is 4.71. The summed E-state index contributed by atoms with van der Waals surface area (Å²) in [6.07, 6.45) is 7.08. The molecule has 2 heteroatoms. The summed E-state index contributed by atoms with van der Waals surface area (Å²) in [5, 5.41) is 10.3. The zero-order valence-corrected chi connectivity index (χ0v) is 15.0. The molecular formula is C18H32OSi. The zero-order chi connectivity index (χ0) is 15.0. The van der Waals surface area contributed by atoms with Gasteiger partial charge in [0.1, 0.15) is 8.07 Å². The molecule has 0 aliphatic heterocycles. The van der Waals surface area contributed by atoms with Gasteiger partial charge in [-0.15, -0.1) is 11.5 Å². The van der Waals surface area contributed by atoms with Crippen LogP contribution in [0.15, 0.2) is 0 Å². The van der Waals surface area contributed by atoms with Crippen molar-refractivity contribution >= 4 is 8.07 Å². The highest BCUT2D eigenvalue weighted by Crippen LogP contribution is 2.58. The van der Waals surface area contributed by atoms with Crippen LogP contribution in [0.2, 0.25) is 19.6 Å². The van der Waals surface area contributed by atoms with Crippen molar-refractivity contribution in [1.82, 2.24) is 0 Å². The topological polar surface area (TPSA) is 20.2 Å². The van der Waals surface area contributed by atoms with Crippen LogP contribution in [-0.2, 0) is 0 Å². The molecule has 5 atom stereocenters. The van der Waals surface area contributed by atoms with Gasteiger partial charge in [0.15, 0.2) is 0 Å². The number of hydrogen-bond donors (Lipinski definition) is 1. The highest BCUT2D eigenvalue weighted by Gasteiger charge is 2.51. The minimum Gasteiger partial charge on any atom is -0.393 e. The minimum atomic E-state index is -1.23. The van der Waals surface area contributed by atoms with Crippen LogP contribution in [0.25, 0.3) is 0 Å². The van der Waals surface area contributed by atoms with E-state index in [9.17, 15) is 5.11 Å². The van der Waals surface area contributed by atoms with Gasteiger partial charge in [-0.1, -0.05) is 39.9 Å². The SMILES string of the molecule is CC(CC#C[Si](C)(C)C)[C@H]1CC[C@H]2[C@@H](O)CCC[C@]12C. The first-order chi connectivity index (χ1) is 9.24. The second kappa shape index (κ2) is 5.85. The van der Waals surface area contributed by atoms with Gasteiger partial charge in [0, 0.05) is 6.42 Å². The van der Waals surface area contributed by atoms with E-state index in [1.807, 2.05) is 0 Å². The third-order valence-corrected chi connectivity index (χ3v) is 6.66. The van der Waals surface area contributed by atoms with E-state index in [1.165, 1.54) is 25.7 Å². The van der Waals surface area contributed by atoms with Crippen molar-refractivity contribution in [3.8, 4) is 11.5 Å². The molecule has 2 rings (SSSR count). The van der Waals surface area contributed by atoms with Gasteiger partial charge in [0.05, 0.1) is 6.10 Å². The molecule has 1 unspecified atom stereocenters. The Morgan fingerprint density at radius 2 is 1.95 bits per heavy atom. The highest BCUT2D eigenvalue weighted by molar-refractivity contribution is 6.83. The Bertz CT molecular complexity index is 400. The number of aliphatic hydroxyl groups is 1. The molecule has 0 amide bonds. The molecule has 0 bridgehead atoms. The van der Waals surface area contributed by atoms with Crippen molar-refractivity contribution < 1.29 is 5.11 Å². The van der Waals surface area contributed by atoms with Crippen LogP contribution in [0, 0.1) is 34.6 Å². The van der Waals surface area contributed by atoms with E-state index >= 15 is 0 Å². The minimum absolute atomic E-state index is 0.0426. The first kappa shape index (κ1) is 16.1. The van der Waals surface area contributed by atoms with Gasteiger partial charge in [0.2, 0.25) is 0 Å². The Labute approximate surface area is 126 Å². The monoisotopic (exact) mass is 292 g/mol. The van der Waals surface area contributed by atoms with E-state index in [2.05, 4.69) is 45.0 Å². The van der Waals surface area contributed by atoms with Crippen LogP contribution in [-0.4, -0.2) is 19.3 Å². The maximum atomic E-state index is 10.3. The molecule has 0 saturated heterocycles. The molecule has 1 N–H and O–H groups in total. The molecule has 0 aromatic carbocycles. The van der Waals surface area contributed by atoms with E-state index in [4.69, 9.17) is 0 Å². The summed E-state index contributed by atoms with van der Waals surface area (Å²) < 4.78 is 0. The standard InChI is InChI=1S/C18H32OSi/c1-14(8-7-13-20(3,4)5)15-10-11-16-17(19)9-6-12-18(15,16)2/h14-17,19H,6,8-12H2,1-5H3/t14?,15-,16+,17+,18-/m1/s1. The first-order valence-electron chi connectivity index (χ1n) is 8.42. The third kappa shape index (κ3) is 3.31. The van der Waals surface area contributed by atoms with Gasteiger partial charge < -0.3 is 5.11 Å². The van der Waals surface area contributed by atoms with Gasteiger partial charge in [0.25, 0.3) is 0 Å². The fraction of sp³-hybridized carbons (Fsp3) is 0.889. The lowest BCUT2D eigenvalue weighted by molar-refractivity contribution is -0.0264. The molecule has 2 saturated carbocycles. The molecule has 0 aromatic heterocycles. The number of aliphatic hydroxyl groups excluding tert-OH is 1. The van der Waals surface area contributed by atoms with Crippen molar-refractivity contribution in [3.05, 3.63) is 0 Å². The molecule has 0 radical (unpaired) electrons. The highest BCUT2D eigenvalue weighted by atomic mass is 28.3. The van der Waals surface area contributed by atoms with Gasteiger partial charge in [-0.25, -0.2) is 0 Å². The Morgan fingerprint density at radius 1 is 1.25 bits per heavy atom. The largest absolute Gasteiger partial charge is 0.393 e. The first-order valence-corrected chi connectivity index (χ1v) is 11.9. The summed E-state index contributed by atoms with van der Waals surface area (Å²) in [5.41, 5.74) is 3.88. The molecule has 1 nitrogen and oxygen atoms in total. The lowest BCUT2D eigenvalue weighted by Gasteiger charge is -2.45. The fourth-order valence-electron chi connectivity index (χ4n) is 4.74. The summed E-state index contributed by atoms with van der Waals surface area (Å²) >= 11 is 0. The molecule has 114 valence electrons. The molecule has 0 aromatic rings. The predicted octanol–water partition coefficient (Wildman–Crippen LogP) is 4.47. The second-order valence-electron chi connectivity index (χ2n) is 8.49. The third-order valence-electron chi connectivity index (χ3n) is 5.74. The second-order valence-corrected chi connectivity index (χ2v) is 13.2. The Balaban J connectivity index is 2.03. The van der Waals surface area contributed by atoms with Crippen LogP contribution >= 0.6 is 0 Å². The smallest absolute Gasteiger partial charge is 0.129 e. The van der Waals surface area contributed by atoms with Crippen molar-refractivity contribution in [2.24, 2.45) is 23.2 Å². The van der Waals surface area contributed by atoms with Crippen molar-refractivity contribution in [1.29, 1.82) is 0 Å².